The third-order valence-electron chi connectivity index (χ3n) is 3.93. The van der Waals surface area contributed by atoms with Gasteiger partial charge in [-0.25, -0.2) is 4.79 Å². The molecule has 20 heavy (non-hydrogen) atoms. The molecule has 0 spiro atoms. The Bertz CT molecular complexity index is 427. The zero-order valence-corrected chi connectivity index (χ0v) is 12.7. The van der Waals surface area contributed by atoms with Gasteiger partial charge in [0.2, 0.25) is 0 Å². The predicted octanol–water partition coefficient (Wildman–Crippen LogP) is 4.42. The summed E-state index contributed by atoms with van der Waals surface area (Å²) in [5.41, 5.74) is 1.09. The van der Waals surface area contributed by atoms with E-state index < -0.39 is 0 Å². The number of carbonyl (C=O) groups is 1. The van der Waals surface area contributed by atoms with Crippen molar-refractivity contribution in [3.8, 4) is 0 Å². The molecule has 0 heterocycles. The van der Waals surface area contributed by atoms with Crippen LogP contribution in [0, 0.1) is 0 Å². The summed E-state index contributed by atoms with van der Waals surface area (Å²) in [4.78, 5) is 12.1. The molecule has 0 aromatic heterocycles. The van der Waals surface area contributed by atoms with E-state index in [0.717, 1.165) is 29.8 Å². The Morgan fingerprint density at radius 1 is 1.25 bits per heavy atom. The van der Waals surface area contributed by atoms with Gasteiger partial charge in [0.05, 0.1) is 6.04 Å². The van der Waals surface area contributed by atoms with Crippen molar-refractivity contribution in [3.63, 3.8) is 0 Å². The number of rotatable bonds is 4. The topological polar surface area (TPSA) is 41.1 Å². The minimum absolute atomic E-state index is 0.0378. The summed E-state index contributed by atoms with van der Waals surface area (Å²) in [7, 11) is 0. The van der Waals surface area contributed by atoms with Gasteiger partial charge in [0.1, 0.15) is 0 Å². The molecule has 0 unspecified atom stereocenters. The third kappa shape index (κ3) is 4.41. The first-order valence-corrected chi connectivity index (χ1v) is 7.89. The van der Waals surface area contributed by atoms with Gasteiger partial charge in [0, 0.05) is 11.1 Å². The number of hydrogen-bond donors (Lipinski definition) is 2. The van der Waals surface area contributed by atoms with Crippen molar-refractivity contribution in [1.29, 1.82) is 0 Å². The molecule has 4 heteroatoms. The fraction of sp³-hybridized carbons (Fsp3) is 0.562. The summed E-state index contributed by atoms with van der Waals surface area (Å²) in [6.45, 7) is 2.07. The van der Waals surface area contributed by atoms with Crippen molar-refractivity contribution >= 4 is 17.6 Å². The molecule has 0 radical (unpaired) electrons. The van der Waals surface area contributed by atoms with Gasteiger partial charge in [0.25, 0.3) is 0 Å². The second-order valence-electron chi connectivity index (χ2n) is 5.47. The predicted molar refractivity (Wildman–Crippen MR) is 83.0 cm³/mol. The van der Waals surface area contributed by atoms with Crippen molar-refractivity contribution < 1.29 is 4.79 Å². The summed E-state index contributed by atoms with van der Waals surface area (Å²) >= 11 is 5.89. The number of benzene rings is 1. The molecule has 2 N–H and O–H groups in total. The van der Waals surface area contributed by atoms with Gasteiger partial charge in [-0.05, 0) is 37.0 Å². The van der Waals surface area contributed by atoms with Crippen molar-refractivity contribution in [2.24, 2.45) is 0 Å². The molecule has 1 aromatic carbocycles. The second-order valence-corrected chi connectivity index (χ2v) is 5.90. The van der Waals surface area contributed by atoms with Gasteiger partial charge in [0.15, 0.2) is 0 Å². The molecule has 3 nitrogen and oxygen atoms in total. The quantitative estimate of drug-likeness (QED) is 0.848. The second kappa shape index (κ2) is 7.53. The number of urea groups is 1. The van der Waals surface area contributed by atoms with Gasteiger partial charge < -0.3 is 10.6 Å². The van der Waals surface area contributed by atoms with E-state index in [1.165, 1.54) is 19.3 Å². The molecule has 2 amide bonds. The highest BCUT2D eigenvalue weighted by Gasteiger charge is 2.18. The Labute approximate surface area is 126 Å². The molecule has 0 aliphatic heterocycles. The fourth-order valence-electron chi connectivity index (χ4n) is 2.75. The first-order valence-electron chi connectivity index (χ1n) is 7.51. The summed E-state index contributed by atoms with van der Waals surface area (Å²) in [5.74, 6) is 0. The Morgan fingerprint density at radius 2 is 1.90 bits per heavy atom. The standard InChI is InChI=1S/C16H23ClN2O/c1-2-15(12-8-10-13(17)11-9-12)19-16(20)18-14-6-4-3-5-7-14/h8-11,14-15H,2-7H2,1H3,(H2,18,19,20)/t15-/m0/s1. The van der Waals surface area contributed by atoms with Crippen LogP contribution >= 0.6 is 11.6 Å². The van der Waals surface area contributed by atoms with Gasteiger partial charge in [-0.2, -0.15) is 0 Å². The summed E-state index contributed by atoms with van der Waals surface area (Å²) in [6, 6.07) is 7.98. The van der Waals surface area contributed by atoms with E-state index in [-0.39, 0.29) is 12.1 Å². The van der Waals surface area contributed by atoms with Crippen LogP contribution in [0.3, 0.4) is 0 Å². The van der Waals surface area contributed by atoms with E-state index >= 15 is 0 Å². The highest BCUT2D eigenvalue weighted by molar-refractivity contribution is 6.30. The molecule has 110 valence electrons. The van der Waals surface area contributed by atoms with Gasteiger partial charge >= 0.3 is 6.03 Å². The summed E-state index contributed by atoms with van der Waals surface area (Å²) in [6.07, 6.45) is 6.80. The van der Waals surface area contributed by atoms with Crippen molar-refractivity contribution in [1.82, 2.24) is 10.6 Å². The Kier molecular flexibility index (Phi) is 5.72. The largest absolute Gasteiger partial charge is 0.335 e. The molecule has 0 bridgehead atoms. The van der Waals surface area contributed by atoms with Crippen molar-refractivity contribution in [2.45, 2.75) is 57.5 Å². The van der Waals surface area contributed by atoms with Crippen LogP contribution in [0.5, 0.6) is 0 Å². The normalized spacial score (nSPS) is 17.5. The Hall–Kier alpha value is -1.22. The maximum atomic E-state index is 12.1. The molecule has 1 atom stereocenters. The van der Waals surface area contributed by atoms with Crippen LogP contribution in [0.1, 0.15) is 57.1 Å². The van der Waals surface area contributed by atoms with Gasteiger partial charge in [-0.15, -0.1) is 0 Å². The monoisotopic (exact) mass is 294 g/mol. The molecule has 1 fully saturated rings. The van der Waals surface area contributed by atoms with E-state index in [0.29, 0.717) is 6.04 Å². The molecule has 0 saturated heterocycles. The lowest BCUT2D eigenvalue weighted by Crippen LogP contribution is -2.44. The molecular weight excluding hydrogens is 272 g/mol. The van der Waals surface area contributed by atoms with Crippen molar-refractivity contribution in [2.75, 3.05) is 0 Å². The molecular formula is C16H23ClN2O. The van der Waals surface area contributed by atoms with E-state index in [1.54, 1.807) is 0 Å². The lowest BCUT2D eigenvalue weighted by atomic mass is 9.96. The van der Waals surface area contributed by atoms with E-state index in [9.17, 15) is 4.79 Å². The SMILES string of the molecule is CC[C@H](NC(=O)NC1CCCCC1)c1ccc(Cl)cc1. The molecule has 1 saturated carbocycles. The summed E-state index contributed by atoms with van der Waals surface area (Å²) in [5, 5.41) is 6.86. The van der Waals surface area contributed by atoms with Crippen LogP contribution in [0.25, 0.3) is 0 Å². The molecule has 1 aromatic rings. The molecule has 1 aliphatic rings. The van der Waals surface area contributed by atoms with Crippen LogP contribution in [0.4, 0.5) is 4.79 Å². The number of halogens is 1. The fourth-order valence-corrected chi connectivity index (χ4v) is 2.87. The van der Waals surface area contributed by atoms with E-state index in [1.807, 2.05) is 24.3 Å². The molecule has 2 rings (SSSR count). The Balaban J connectivity index is 1.88. The summed E-state index contributed by atoms with van der Waals surface area (Å²) < 4.78 is 0. The third-order valence-corrected chi connectivity index (χ3v) is 4.18. The number of hydrogen-bond acceptors (Lipinski definition) is 1. The van der Waals surface area contributed by atoms with Crippen LogP contribution in [0.2, 0.25) is 5.02 Å². The molecule has 1 aliphatic carbocycles. The van der Waals surface area contributed by atoms with E-state index in [2.05, 4.69) is 17.6 Å². The average Bonchev–Trinajstić information content (AvgIpc) is 2.47. The van der Waals surface area contributed by atoms with Crippen molar-refractivity contribution in [3.05, 3.63) is 34.9 Å². The van der Waals surface area contributed by atoms with Crippen LogP contribution in [-0.4, -0.2) is 12.1 Å². The minimum Gasteiger partial charge on any atom is -0.335 e. The van der Waals surface area contributed by atoms with Crippen LogP contribution in [-0.2, 0) is 0 Å². The number of nitrogens with one attached hydrogen (secondary N) is 2. The average molecular weight is 295 g/mol. The zero-order valence-electron chi connectivity index (χ0n) is 12.0. The first kappa shape index (κ1) is 15.2. The maximum absolute atomic E-state index is 12.1. The minimum atomic E-state index is -0.0568. The van der Waals surface area contributed by atoms with Crippen LogP contribution < -0.4 is 10.6 Å². The first-order chi connectivity index (χ1) is 9.69. The Morgan fingerprint density at radius 3 is 2.50 bits per heavy atom. The van der Waals surface area contributed by atoms with Crippen LogP contribution in [0.15, 0.2) is 24.3 Å². The number of amides is 2. The highest BCUT2D eigenvalue weighted by atomic mass is 35.5. The smallest absolute Gasteiger partial charge is 0.315 e. The lowest BCUT2D eigenvalue weighted by Gasteiger charge is -2.25. The lowest BCUT2D eigenvalue weighted by molar-refractivity contribution is 0.228. The van der Waals surface area contributed by atoms with E-state index in [4.69, 9.17) is 11.6 Å². The number of carbonyl (C=O) groups excluding carboxylic acids is 1. The van der Waals surface area contributed by atoms with Gasteiger partial charge in [-0.3, -0.25) is 0 Å². The highest BCUT2D eigenvalue weighted by Crippen LogP contribution is 2.20. The maximum Gasteiger partial charge on any atom is 0.315 e. The zero-order chi connectivity index (χ0) is 14.4. The van der Waals surface area contributed by atoms with Gasteiger partial charge in [-0.1, -0.05) is 49.9 Å².